The maximum absolute atomic E-state index is 14.3. The number of fused-ring (bicyclic) bond motifs is 2. The van der Waals surface area contributed by atoms with Crippen LogP contribution in [0.25, 0.3) is 5.69 Å². The van der Waals surface area contributed by atoms with Crippen molar-refractivity contribution < 1.29 is 22.4 Å². The number of hydrogen-bond donors (Lipinski definition) is 1. The summed E-state index contributed by atoms with van der Waals surface area (Å²) in [4.78, 5) is 24.6. The van der Waals surface area contributed by atoms with Crippen molar-refractivity contribution in [1.29, 1.82) is 0 Å². The summed E-state index contributed by atoms with van der Waals surface area (Å²) >= 11 is 0. The zero-order chi connectivity index (χ0) is 23.3. The van der Waals surface area contributed by atoms with Gasteiger partial charge in [-0.15, -0.1) is 4.80 Å². The van der Waals surface area contributed by atoms with E-state index in [2.05, 4.69) is 25.5 Å². The zero-order valence-corrected chi connectivity index (χ0v) is 17.4. The van der Waals surface area contributed by atoms with E-state index >= 15 is 0 Å². The Hall–Kier alpha value is -3.57. The van der Waals surface area contributed by atoms with Crippen molar-refractivity contribution in [2.75, 3.05) is 5.32 Å². The lowest BCUT2D eigenvalue weighted by Gasteiger charge is -2.26. The van der Waals surface area contributed by atoms with Crippen LogP contribution in [0.1, 0.15) is 40.9 Å². The number of rotatable bonds is 4. The van der Waals surface area contributed by atoms with Crippen molar-refractivity contribution in [2.24, 2.45) is 0 Å². The van der Waals surface area contributed by atoms with Crippen LogP contribution >= 0.6 is 0 Å². The van der Waals surface area contributed by atoms with Gasteiger partial charge < -0.3 is 10.2 Å². The van der Waals surface area contributed by atoms with Gasteiger partial charge in [0.2, 0.25) is 0 Å². The topological polar surface area (TPSA) is 88.8 Å². The smallest absolute Gasteiger partial charge is 0.363 e. The molecule has 8 nitrogen and oxygen atoms in total. The van der Waals surface area contributed by atoms with Gasteiger partial charge in [0.15, 0.2) is 17.3 Å². The fraction of sp³-hybridized carbons (Fsp3) is 0.381. The second-order valence-electron chi connectivity index (χ2n) is 8.19. The van der Waals surface area contributed by atoms with Crippen molar-refractivity contribution in [2.45, 2.75) is 50.5 Å². The van der Waals surface area contributed by atoms with Crippen LogP contribution in [0.3, 0.4) is 0 Å². The van der Waals surface area contributed by atoms with Crippen molar-refractivity contribution in [1.82, 2.24) is 29.9 Å². The molecule has 2 aliphatic heterocycles. The Balaban J connectivity index is 1.40. The van der Waals surface area contributed by atoms with E-state index in [1.165, 1.54) is 17.2 Å². The van der Waals surface area contributed by atoms with Gasteiger partial charge in [-0.2, -0.15) is 23.4 Å². The summed E-state index contributed by atoms with van der Waals surface area (Å²) in [5.41, 5.74) is 0.323. The fourth-order valence-electron chi connectivity index (χ4n) is 4.75. The Labute approximate surface area is 185 Å². The predicted molar refractivity (Wildman–Crippen MR) is 108 cm³/mol. The average Bonchev–Trinajstić information content (AvgIpc) is 3.50. The van der Waals surface area contributed by atoms with Gasteiger partial charge in [0.1, 0.15) is 5.69 Å². The van der Waals surface area contributed by atoms with Crippen LogP contribution in [-0.2, 0) is 6.18 Å². The standard InChI is InChI=1S/C21H19F4N7O/c1-11-4-5-26-17(18(11)32-28-6-7-29-32)20(33)31-13-2-3-16(31)15(9-13)30-19-14(22)8-12(10-27-19)21(23,24)25/h4-8,10,13,15-16H,2-3,9H2,1H3,(H,27,30). The lowest BCUT2D eigenvalue weighted by Crippen LogP contribution is -2.41. The number of aryl methyl sites for hydroxylation is 1. The average molecular weight is 461 g/mol. The fourth-order valence-corrected chi connectivity index (χ4v) is 4.75. The quantitative estimate of drug-likeness (QED) is 0.600. The number of amides is 1. The SMILES string of the molecule is Cc1ccnc(C(=O)N2C3CCC2C(Nc2ncc(C(F)(F)F)cc2F)C3)c1-n1nccn1. The first-order valence-electron chi connectivity index (χ1n) is 10.4. The third kappa shape index (κ3) is 3.68. The lowest BCUT2D eigenvalue weighted by atomic mass is 9.95. The van der Waals surface area contributed by atoms with Gasteiger partial charge >= 0.3 is 6.18 Å². The number of anilines is 1. The van der Waals surface area contributed by atoms with Crippen molar-refractivity contribution in [3.8, 4) is 5.69 Å². The number of halogens is 4. The van der Waals surface area contributed by atoms with Crippen LogP contribution in [0.2, 0.25) is 0 Å². The molecule has 5 heterocycles. The molecule has 3 atom stereocenters. The van der Waals surface area contributed by atoms with Crippen LogP contribution in [0.4, 0.5) is 23.4 Å². The summed E-state index contributed by atoms with van der Waals surface area (Å²) in [5, 5.41) is 11.2. The molecule has 3 aromatic heterocycles. The minimum Gasteiger partial charge on any atom is -0.363 e. The predicted octanol–water partition coefficient (Wildman–Crippen LogP) is 3.38. The summed E-state index contributed by atoms with van der Waals surface area (Å²) in [6.45, 7) is 1.83. The Morgan fingerprint density at radius 2 is 1.91 bits per heavy atom. The molecule has 2 fully saturated rings. The van der Waals surface area contributed by atoms with Crippen LogP contribution < -0.4 is 5.32 Å². The lowest BCUT2D eigenvalue weighted by molar-refractivity contribution is -0.138. The highest BCUT2D eigenvalue weighted by atomic mass is 19.4. The number of carbonyl (C=O) groups is 1. The Bertz CT molecular complexity index is 1200. The van der Waals surface area contributed by atoms with E-state index < -0.39 is 17.6 Å². The first-order valence-corrected chi connectivity index (χ1v) is 10.4. The molecule has 2 aliphatic rings. The molecule has 172 valence electrons. The minimum absolute atomic E-state index is 0.0988. The normalized spacial score (nSPS) is 22.1. The number of aromatic nitrogens is 5. The molecular formula is C21H19F4N7O. The van der Waals surface area contributed by atoms with Crippen molar-refractivity contribution in [3.05, 3.63) is 59.6 Å². The molecular weight excluding hydrogens is 442 g/mol. The van der Waals surface area contributed by atoms with E-state index in [0.29, 0.717) is 30.8 Å². The van der Waals surface area contributed by atoms with Gasteiger partial charge in [0, 0.05) is 18.4 Å². The molecule has 0 saturated carbocycles. The molecule has 2 saturated heterocycles. The van der Waals surface area contributed by atoms with Crippen LogP contribution in [0.5, 0.6) is 0 Å². The molecule has 1 N–H and O–H groups in total. The molecule has 0 radical (unpaired) electrons. The molecule has 2 bridgehead atoms. The largest absolute Gasteiger partial charge is 0.417 e. The summed E-state index contributed by atoms with van der Waals surface area (Å²) < 4.78 is 52.7. The minimum atomic E-state index is -4.68. The monoisotopic (exact) mass is 461 g/mol. The van der Waals surface area contributed by atoms with Gasteiger partial charge in [-0.1, -0.05) is 0 Å². The number of nitrogens with one attached hydrogen (secondary N) is 1. The molecule has 0 aliphatic carbocycles. The zero-order valence-electron chi connectivity index (χ0n) is 17.4. The van der Waals surface area contributed by atoms with Crippen LogP contribution in [0.15, 0.2) is 36.9 Å². The van der Waals surface area contributed by atoms with E-state index in [0.717, 1.165) is 12.0 Å². The molecule has 0 spiro atoms. The third-order valence-corrected chi connectivity index (χ3v) is 6.21. The van der Waals surface area contributed by atoms with Crippen LogP contribution in [-0.4, -0.2) is 53.9 Å². The third-order valence-electron chi connectivity index (χ3n) is 6.21. The molecule has 3 unspecified atom stereocenters. The summed E-state index contributed by atoms with van der Waals surface area (Å²) in [5.74, 6) is -1.63. The van der Waals surface area contributed by atoms with E-state index in [1.807, 2.05) is 6.92 Å². The summed E-state index contributed by atoms with van der Waals surface area (Å²) in [7, 11) is 0. The molecule has 5 rings (SSSR count). The van der Waals surface area contributed by atoms with Gasteiger partial charge in [0.05, 0.1) is 30.0 Å². The molecule has 12 heteroatoms. The number of alkyl halides is 3. The highest BCUT2D eigenvalue weighted by Gasteiger charge is 2.49. The summed E-state index contributed by atoms with van der Waals surface area (Å²) in [6.07, 6.45) is 2.46. The Morgan fingerprint density at radius 1 is 1.15 bits per heavy atom. The maximum atomic E-state index is 14.3. The van der Waals surface area contributed by atoms with E-state index in [-0.39, 0.29) is 35.5 Å². The molecule has 3 aromatic rings. The van der Waals surface area contributed by atoms with E-state index in [1.54, 1.807) is 17.2 Å². The second-order valence-corrected chi connectivity index (χ2v) is 8.19. The first-order chi connectivity index (χ1) is 15.7. The van der Waals surface area contributed by atoms with E-state index in [4.69, 9.17) is 0 Å². The van der Waals surface area contributed by atoms with Crippen molar-refractivity contribution in [3.63, 3.8) is 0 Å². The van der Waals surface area contributed by atoms with Crippen LogP contribution in [0, 0.1) is 12.7 Å². The van der Waals surface area contributed by atoms with Gasteiger partial charge in [-0.3, -0.25) is 4.79 Å². The highest BCUT2D eigenvalue weighted by Crippen LogP contribution is 2.41. The Kier molecular flexibility index (Phi) is 5.02. The summed E-state index contributed by atoms with van der Waals surface area (Å²) in [6, 6.07) is 1.47. The number of hydrogen-bond acceptors (Lipinski definition) is 6. The second kappa shape index (κ2) is 7.78. The Morgan fingerprint density at radius 3 is 2.61 bits per heavy atom. The van der Waals surface area contributed by atoms with Gasteiger partial charge in [0.25, 0.3) is 5.91 Å². The number of nitrogens with zero attached hydrogens (tertiary/aromatic N) is 6. The molecule has 0 aromatic carbocycles. The van der Waals surface area contributed by atoms with Gasteiger partial charge in [-0.05, 0) is 43.9 Å². The molecule has 1 amide bonds. The number of pyridine rings is 2. The van der Waals surface area contributed by atoms with Gasteiger partial charge in [-0.25, -0.2) is 14.4 Å². The van der Waals surface area contributed by atoms with Crippen molar-refractivity contribution >= 4 is 11.7 Å². The molecule has 33 heavy (non-hydrogen) atoms. The van der Waals surface area contributed by atoms with E-state index in [9.17, 15) is 22.4 Å². The maximum Gasteiger partial charge on any atom is 0.417 e. The highest BCUT2D eigenvalue weighted by molar-refractivity contribution is 5.97. The first kappa shape index (κ1) is 21.3. The number of carbonyl (C=O) groups excluding carboxylic acids is 1.